The molecule has 0 amide bonds. The summed E-state index contributed by atoms with van der Waals surface area (Å²) < 4.78 is 14.5. The Morgan fingerprint density at radius 2 is 1.90 bits per heavy atom. The number of aryl methyl sites for hydroxylation is 2. The van der Waals surface area contributed by atoms with Crippen molar-refractivity contribution < 1.29 is 4.39 Å². The summed E-state index contributed by atoms with van der Waals surface area (Å²) >= 11 is 6.15. The van der Waals surface area contributed by atoms with Crippen LogP contribution in [-0.2, 0) is 0 Å². The van der Waals surface area contributed by atoms with Gasteiger partial charge in [0.15, 0.2) is 0 Å². The molecule has 0 unspecified atom stereocenters. The molecule has 21 heavy (non-hydrogen) atoms. The van der Waals surface area contributed by atoms with Crippen LogP contribution in [0.5, 0.6) is 0 Å². The largest absolute Gasteiger partial charge is 0.268 e. The highest BCUT2D eigenvalue weighted by Gasteiger charge is 2.13. The lowest BCUT2D eigenvalue weighted by atomic mass is 10.1. The van der Waals surface area contributed by atoms with E-state index >= 15 is 0 Å². The highest BCUT2D eigenvalue weighted by molar-refractivity contribution is 6.29. The second kappa shape index (κ2) is 4.97. The maximum absolute atomic E-state index is 13.2. The number of halogens is 2. The van der Waals surface area contributed by atoms with E-state index in [4.69, 9.17) is 11.6 Å². The fourth-order valence-electron chi connectivity index (χ4n) is 2.35. The highest BCUT2D eigenvalue weighted by Crippen LogP contribution is 2.20. The minimum atomic E-state index is -0.356. The number of hydrogen-bond acceptors (Lipinski definition) is 2. The predicted octanol–water partition coefficient (Wildman–Crippen LogP) is 3.80. The van der Waals surface area contributed by atoms with Gasteiger partial charge in [-0.25, -0.2) is 9.37 Å². The summed E-state index contributed by atoms with van der Waals surface area (Å²) in [5.41, 5.74) is 2.40. The van der Waals surface area contributed by atoms with E-state index in [1.54, 1.807) is 19.1 Å². The smallest absolute Gasteiger partial charge is 0.266 e. The van der Waals surface area contributed by atoms with E-state index in [9.17, 15) is 9.18 Å². The lowest BCUT2D eigenvalue weighted by molar-refractivity contribution is 0.626. The molecule has 3 aromatic rings. The number of rotatable bonds is 1. The Kier molecular flexibility index (Phi) is 3.26. The van der Waals surface area contributed by atoms with Crippen LogP contribution in [0.25, 0.3) is 16.6 Å². The van der Waals surface area contributed by atoms with Crippen molar-refractivity contribution in [3.8, 4) is 5.69 Å². The van der Waals surface area contributed by atoms with Crippen LogP contribution in [0.2, 0.25) is 5.28 Å². The number of aromatic nitrogens is 2. The summed E-state index contributed by atoms with van der Waals surface area (Å²) in [6, 6.07) is 9.60. The summed E-state index contributed by atoms with van der Waals surface area (Å²) in [5, 5.41) is 0.550. The Bertz CT molecular complexity index is 918. The third kappa shape index (κ3) is 2.32. The maximum atomic E-state index is 13.2. The summed E-state index contributed by atoms with van der Waals surface area (Å²) in [6.45, 7) is 3.63. The van der Waals surface area contributed by atoms with E-state index in [1.165, 1.54) is 22.8 Å². The normalized spacial score (nSPS) is 11.0. The second-order valence-corrected chi connectivity index (χ2v) is 5.31. The molecule has 0 N–H and O–H groups in total. The first-order chi connectivity index (χ1) is 9.97. The quantitative estimate of drug-likeness (QED) is 0.641. The molecule has 3 nitrogen and oxygen atoms in total. The molecular weight excluding hydrogens is 291 g/mol. The molecule has 0 aliphatic rings. The van der Waals surface area contributed by atoms with Crippen LogP contribution in [0.4, 0.5) is 4.39 Å². The molecule has 5 heteroatoms. The zero-order valence-corrected chi connectivity index (χ0v) is 12.3. The molecule has 0 saturated heterocycles. The summed E-state index contributed by atoms with van der Waals surface area (Å²) in [7, 11) is 0. The number of fused-ring (bicyclic) bond motifs is 1. The molecule has 1 aromatic heterocycles. The first kappa shape index (κ1) is 13.8. The highest BCUT2D eigenvalue weighted by atomic mass is 35.5. The Hall–Kier alpha value is -2.20. The van der Waals surface area contributed by atoms with Gasteiger partial charge in [-0.1, -0.05) is 11.6 Å². The van der Waals surface area contributed by atoms with Crippen molar-refractivity contribution in [3.05, 3.63) is 69.0 Å². The van der Waals surface area contributed by atoms with E-state index < -0.39 is 0 Å². The van der Waals surface area contributed by atoms with Gasteiger partial charge in [-0.3, -0.25) is 9.36 Å². The van der Waals surface area contributed by atoms with E-state index in [0.29, 0.717) is 22.2 Å². The van der Waals surface area contributed by atoms with Crippen LogP contribution in [0.3, 0.4) is 0 Å². The van der Waals surface area contributed by atoms with Gasteiger partial charge in [0, 0.05) is 0 Å². The van der Waals surface area contributed by atoms with Gasteiger partial charge in [0.1, 0.15) is 5.82 Å². The third-order valence-electron chi connectivity index (χ3n) is 3.38. The zero-order chi connectivity index (χ0) is 15.1. The van der Waals surface area contributed by atoms with Crippen molar-refractivity contribution in [2.75, 3.05) is 0 Å². The molecule has 0 fully saturated rings. The summed E-state index contributed by atoms with van der Waals surface area (Å²) in [4.78, 5) is 16.9. The molecular formula is C16H12ClFN2O. The Labute approximate surface area is 125 Å². The molecule has 106 valence electrons. The Morgan fingerprint density at radius 3 is 2.62 bits per heavy atom. The van der Waals surface area contributed by atoms with Gasteiger partial charge in [0.2, 0.25) is 5.28 Å². The average Bonchev–Trinajstić information content (AvgIpc) is 2.42. The summed E-state index contributed by atoms with van der Waals surface area (Å²) in [6.07, 6.45) is 0. The number of hydrogen-bond donors (Lipinski definition) is 0. The van der Waals surface area contributed by atoms with Gasteiger partial charge in [-0.05, 0) is 61.3 Å². The number of nitrogens with zero attached hydrogens (tertiary/aromatic N) is 2. The van der Waals surface area contributed by atoms with Gasteiger partial charge >= 0.3 is 0 Å². The van der Waals surface area contributed by atoms with Crippen LogP contribution < -0.4 is 5.56 Å². The van der Waals surface area contributed by atoms with Gasteiger partial charge in [0.05, 0.1) is 16.6 Å². The molecule has 0 aliphatic heterocycles. The Morgan fingerprint density at radius 1 is 1.14 bits per heavy atom. The van der Waals surface area contributed by atoms with Crippen LogP contribution >= 0.6 is 11.6 Å². The molecule has 0 bridgehead atoms. The molecule has 1 heterocycles. The maximum Gasteiger partial charge on any atom is 0.266 e. The monoisotopic (exact) mass is 302 g/mol. The molecule has 0 spiro atoms. The van der Waals surface area contributed by atoms with Crippen LogP contribution in [0, 0.1) is 19.7 Å². The fourth-order valence-corrected chi connectivity index (χ4v) is 2.61. The number of benzene rings is 2. The molecule has 0 saturated carbocycles. The molecule has 3 rings (SSSR count). The van der Waals surface area contributed by atoms with E-state index in [0.717, 1.165) is 5.56 Å². The SMILES string of the molecule is Cc1ccc2nc(Cl)n(-c3ccc(F)cc3C)c(=O)c2c1. The molecule has 0 radical (unpaired) electrons. The van der Waals surface area contributed by atoms with Crippen LogP contribution in [-0.4, -0.2) is 9.55 Å². The lowest BCUT2D eigenvalue weighted by Crippen LogP contribution is -2.21. The molecule has 0 atom stereocenters. The molecule has 0 aliphatic carbocycles. The summed E-state index contributed by atoms with van der Waals surface area (Å²) in [5.74, 6) is -0.356. The standard InChI is InChI=1S/C16H12ClFN2O/c1-9-3-5-13-12(7-9)15(21)20(16(17)19-13)14-6-4-11(18)8-10(14)2/h3-8H,1-2H3. The van der Waals surface area contributed by atoms with Crippen molar-refractivity contribution in [2.45, 2.75) is 13.8 Å². The van der Waals surface area contributed by atoms with Crippen molar-refractivity contribution in [2.24, 2.45) is 0 Å². The van der Waals surface area contributed by atoms with Crippen molar-refractivity contribution in [1.82, 2.24) is 9.55 Å². The van der Waals surface area contributed by atoms with E-state index in [-0.39, 0.29) is 16.7 Å². The first-order valence-electron chi connectivity index (χ1n) is 6.43. The van der Waals surface area contributed by atoms with Gasteiger partial charge < -0.3 is 0 Å². The topological polar surface area (TPSA) is 34.9 Å². The minimum Gasteiger partial charge on any atom is -0.268 e. The van der Waals surface area contributed by atoms with Crippen LogP contribution in [0.15, 0.2) is 41.2 Å². The predicted molar refractivity (Wildman–Crippen MR) is 81.8 cm³/mol. The van der Waals surface area contributed by atoms with Crippen LogP contribution in [0.1, 0.15) is 11.1 Å². The fraction of sp³-hybridized carbons (Fsp3) is 0.125. The van der Waals surface area contributed by atoms with Gasteiger partial charge in [-0.15, -0.1) is 0 Å². The van der Waals surface area contributed by atoms with Crippen molar-refractivity contribution in [3.63, 3.8) is 0 Å². The van der Waals surface area contributed by atoms with Crippen molar-refractivity contribution in [1.29, 1.82) is 0 Å². The van der Waals surface area contributed by atoms with Crippen molar-refractivity contribution >= 4 is 22.5 Å². The first-order valence-corrected chi connectivity index (χ1v) is 6.80. The van der Waals surface area contributed by atoms with E-state index in [1.807, 2.05) is 13.0 Å². The zero-order valence-electron chi connectivity index (χ0n) is 11.5. The second-order valence-electron chi connectivity index (χ2n) is 4.97. The molecule has 2 aromatic carbocycles. The Balaban J connectivity index is 2.40. The van der Waals surface area contributed by atoms with Gasteiger partial charge in [0.25, 0.3) is 5.56 Å². The van der Waals surface area contributed by atoms with Gasteiger partial charge in [-0.2, -0.15) is 0 Å². The lowest BCUT2D eigenvalue weighted by Gasteiger charge is -2.12. The third-order valence-corrected chi connectivity index (χ3v) is 3.64. The average molecular weight is 303 g/mol. The minimum absolute atomic E-state index is 0.0612. The van der Waals surface area contributed by atoms with E-state index in [2.05, 4.69) is 4.98 Å².